The van der Waals surface area contributed by atoms with Gasteiger partial charge in [0.15, 0.2) is 5.78 Å². The molecule has 41 heavy (non-hydrogen) atoms. The first-order valence-corrected chi connectivity index (χ1v) is 14.6. The van der Waals surface area contributed by atoms with Gasteiger partial charge in [-0.05, 0) is 75.0 Å². The minimum atomic E-state index is -0.380. The fourth-order valence-electron chi connectivity index (χ4n) is 6.38. The number of Topliss-reactive ketones (excluding diaryl/α,β-unsaturated/α-hetero) is 1. The van der Waals surface area contributed by atoms with Crippen LogP contribution in [-0.4, -0.2) is 51.0 Å². The molecule has 2 aromatic heterocycles. The number of piperidine rings is 1. The van der Waals surface area contributed by atoms with Crippen molar-refractivity contribution in [3.05, 3.63) is 88.1 Å². The quantitative estimate of drug-likeness (QED) is 0.230. The molecule has 3 aliphatic rings. The Bertz CT molecular complexity index is 1640. The van der Waals surface area contributed by atoms with E-state index in [1.165, 1.54) is 6.07 Å². The molecule has 2 aliphatic heterocycles. The van der Waals surface area contributed by atoms with Gasteiger partial charge in [0.1, 0.15) is 18.2 Å². The molecule has 2 saturated heterocycles. The lowest BCUT2D eigenvalue weighted by atomic mass is 9.91. The summed E-state index contributed by atoms with van der Waals surface area (Å²) < 4.78 is 28.1. The number of benzene rings is 2. The fraction of sp³-hybridized carbons (Fsp3) is 0.406. The van der Waals surface area contributed by atoms with Crippen molar-refractivity contribution in [2.24, 2.45) is 5.92 Å². The molecule has 0 bridgehead atoms. The number of carbonyl (C=O) groups excluding carboxylic acids is 1. The first kappa shape index (κ1) is 26.6. The van der Waals surface area contributed by atoms with Crippen LogP contribution in [0.25, 0.3) is 11.0 Å². The Kier molecular flexibility index (Phi) is 6.80. The van der Waals surface area contributed by atoms with Gasteiger partial charge in [0, 0.05) is 40.8 Å². The summed E-state index contributed by atoms with van der Waals surface area (Å²) in [5.74, 6) is 1.73. The van der Waals surface area contributed by atoms with Gasteiger partial charge in [-0.3, -0.25) is 9.69 Å². The molecule has 2 aromatic carbocycles. The summed E-state index contributed by atoms with van der Waals surface area (Å²) in [6, 6.07) is 16.3. The van der Waals surface area contributed by atoms with Crippen LogP contribution in [0, 0.1) is 11.7 Å². The van der Waals surface area contributed by atoms with Crippen molar-refractivity contribution in [1.29, 1.82) is 0 Å². The molecule has 9 heteroatoms. The fourth-order valence-corrected chi connectivity index (χ4v) is 6.54. The highest BCUT2D eigenvalue weighted by atomic mass is 35.5. The number of fused-ring (bicyclic) bond motifs is 2. The highest BCUT2D eigenvalue weighted by Gasteiger charge is 2.58. The molecule has 0 unspecified atom stereocenters. The highest BCUT2D eigenvalue weighted by molar-refractivity contribution is 6.30. The van der Waals surface area contributed by atoms with Gasteiger partial charge in [-0.15, -0.1) is 0 Å². The van der Waals surface area contributed by atoms with E-state index in [-0.39, 0.29) is 29.7 Å². The van der Waals surface area contributed by atoms with Crippen LogP contribution < -0.4 is 4.74 Å². The third-order valence-corrected chi connectivity index (χ3v) is 9.22. The Hall–Kier alpha value is -3.33. The Morgan fingerprint density at radius 2 is 2.07 bits per heavy atom. The zero-order valence-electron chi connectivity index (χ0n) is 23.0. The zero-order valence-corrected chi connectivity index (χ0v) is 23.7. The smallest absolute Gasteiger partial charge is 0.213 e. The molecule has 0 N–H and O–H groups in total. The lowest BCUT2D eigenvalue weighted by Gasteiger charge is -2.32. The number of hydrogen-bond acceptors (Lipinski definition) is 6. The van der Waals surface area contributed by atoms with Crippen molar-refractivity contribution >= 4 is 28.4 Å². The lowest BCUT2D eigenvalue weighted by molar-refractivity contribution is -0.0592. The number of nitrogens with zero attached hydrogens (tertiary/aromatic N) is 4. The first-order valence-electron chi connectivity index (χ1n) is 14.3. The van der Waals surface area contributed by atoms with Gasteiger partial charge in [-0.25, -0.2) is 14.4 Å². The van der Waals surface area contributed by atoms with Gasteiger partial charge < -0.3 is 14.0 Å². The number of ketones is 1. The average molecular weight is 575 g/mol. The van der Waals surface area contributed by atoms with E-state index in [1.54, 1.807) is 19.1 Å². The summed E-state index contributed by atoms with van der Waals surface area (Å²) in [6.07, 6.45) is 3.35. The maximum absolute atomic E-state index is 14.2. The molecule has 0 spiro atoms. The maximum Gasteiger partial charge on any atom is 0.213 e. The molecule has 0 amide bonds. The predicted molar refractivity (Wildman–Crippen MR) is 154 cm³/mol. The van der Waals surface area contributed by atoms with Crippen LogP contribution in [0.3, 0.4) is 0 Å². The standard InChI is InChI=1S/C32H32ClFN4O3/c1-20(39)21-6-8-27-28(13-21)38(17-25-9-12-40-25)30(35-27)18-37-11-10-32(15-23(32)16-37)29-3-2-4-31(36-29)41-19-22-5-7-24(33)14-26(22)34/h2-8,13-14,23,25H,9-12,15-19H2,1H3/t23-,25-,32+/m0/s1. The Balaban J connectivity index is 1.05. The molecule has 7 rings (SSSR count). The van der Waals surface area contributed by atoms with Crippen molar-refractivity contribution in [2.45, 2.75) is 57.4 Å². The van der Waals surface area contributed by atoms with Crippen LogP contribution in [-0.2, 0) is 29.8 Å². The van der Waals surface area contributed by atoms with Crippen molar-refractivity contribution in [1.82, 2.24) is 19.4 Å². The van der Waals surface area contributed by atoms with Crippen LogP contribution >= 0.6 is 11.6 Å². The molecule has 1 saturated carbocycles. The van der Waals surface area contributed by atoms with Crippen LogP contribution in [0.5, 0.6) is 5.88 Å². The molecule has 3 atom stereocenters. The van der Waals surface area contributed by atoms with E-state index in [4.69, 9.17) is 31.0 Å². The average Bonchev–Trinajstić information content (AvgIpc) is 3.58. The van der Waals surface area contributed by atoms with Crippen molar-refractivity contribution < 1.29 is 18.7 Å². The number of aromatic nitrogens is 3. The summed E-state index contributed by atoms with van der Waals surface area (Å²) >= 11 is 5.87. The van der Waals surface area contributed by atoms with Crippen molar-refractivity contribution in [3.63, 3.8) is 0 Å². The molecule has 3 fully saturated rings. The van der Waals surface area contributed by atoms with E-state index >= 15 is 0 Å². The Labute approximate surface area is 243 Å². The summed E-state index contributed by atoms with van der Waals surface area (Å²) in [7, 11) is 0. The Morgan fingerprint density at radius 1 is 1.20 bits per heavy atom. The number of likely N-dealkylation sites (tertiary alicyclic amines) is 1. The number of halogens is 2. The normalized spacial score (nSPS) is 23.7. The SMILES string of the molecule is CC(=O)c1ccc2nc(CN3CC[C@@]4(c5cccc(OCc6ccc(Cl)cc6F)n5)C[C@H]4C3)n(C[C@@H]3CCO3)c2c1. The number of carbonyl (C=O) groups is 1. The number of rotatable bonds is 9. The van der Waals surface area contributed by atoms with Crippen molar-refractivity contribution in [3.8, 4) is 5.88 Å². The van der Waals surface area contributed by atoms with Gasteiger partial charge in [0.05, 0.1) is 35.9 Å². The monoisotopic (exact) mass is 574 g/mol. The molecular weight excluding hydrogens is 543 g/mol. The maximum atomic E-state index is 14.2. The summed E-state index contributed by atoms with van der Waals surface area (Å²) in [5, 5.41) is 0.364. The molecule has 4 aromatic rings. The second kappa shape index (κ2) is 10.5. The van der Waals surface area contributed by atoms with Crippen LogP contribution in [0.1, 0.15) is 53.6 Å². The number of ether oxygens (including phenoxy) is 2. The van der Waals surface area contributed by atoms with Gasteiger partial charge in [0.25, 0.3) is 0 Å². The van der Waals surface area contributed by atoms with Crippen molar-refractivity contribution in [2.75, 3.05) is 19.7 Å². The minimum absolute atomic E-state index is 0.0578. The van der Waals surface area contributed by atoms with E-state index in [0.29, 0.717) is 27.9 Å². The Morgan fingerprint density at radius 3 is 2.83 bits per heavy atom. The van der Waals surface area contributed by atoms with Crippen LogP contribution in [0.4, 0.5) is 4.39 Å². The highest BCUT2D eigenvalue weighted by Crippen LogP contribution is 2.59. The van der Waals surface area contributed by atoms with E-state index in [9.17, 15) is 9.18 Å². The van der Waals surface area contributed by atoms with Gasteiger partial charge in [-0.2, -0.15) is 0 Å². The summed E-state index contributed by atoms with van der Waals surface area (Å²) in [6.45, 7) is 5.94. The summed E-state index contributed by atoms with van der Waals surface area (Å²) in [4.78, 5) is 24.4. The van der Waals surface area contributed by atoms with E-state index in [1.807, 2.05) is 30.3 Å². The van der Waals surface area contributed by atoms with Gasteiger partial charge in [0.2, 0.25) is 5.88 Å². The lowest BCUT2D eigenvalue weighted by Crippen LogP contribution is -2.37. The van der Waals surface area contributed by atoms with E-state index in [2.05, 4.69) is 15.5 Å². The zero-order chi connectivity index (χ0) is 28.1. The van der Waals surface area contributed by atoms with Crippen LogP contribution in [0.2, 0.25) is 5.02 Å². The molecule has 0 radical (unpaired) electrons. The van der Waals surface area contributed by atoms with Gasteiger partial charge >= 0.3 is 0 Å². The molecular formula is C32H32ClFN4O3. The summed E-state index contributed by atoms with van der Waals surface area (Å²) in [5.41, 5.74) is 4.20. The van der Waals surface area contributed by atoms with E-state index in [0.717, 1.165) is 74.6 Å². The van der Waals surface area contributed by atoms with E-state index < -0.39 is 0 Å². The predicted octanol–water partition coefficient (Wildman–Crippen LogP) is 5.96. The second-order valence-electron chi connectivity index (χ2n) is 11.6. The molecule has 7 nitrogen and oxygen atoms in total. The number of hydrogen-bond donors (Lipinski definition) is 0. The molecule has 1 aliphatic carbocycles. The largest absolute Gasteiger partial charge is 0.473 e. The third-order valence-electron chi connectivity index (χ3n) is 8.99. The topological polar surface area (TPSA) is 69.5 Å². The molecule has 212 valence electrons. The van der Waals surface area contributed by atoms with Crippen LogP contribution in [0.15, 0.2) is 54.6 Å². The first-order chi connectivity index (χ1) is 19.9. The molecule has 4 heterocycles. The number of pyridine rings is 1. The van der Waals surface area contributed by atoms with Gasteiger partial charge in [-0.1, -0.05) is 23.7 Å². The third kappa shape index (κ3) is 5.13. The minimum Gasteiger partial charge on any atom is -0.473 e. The second-order valence-corrected chi connectivity index (χ2v) is 12.0. The number of imidazole rings is 1.